The van der Waals surface area contributed by atoms with Crippen molar-refractivity contribution in [3.8, 4) is 11.5 Å². The first-order valence-electron chi connectivity index (χ1n) is 15.3. The predicted molar refractivity (Wildman–Crippen MR) is 170 cm³/mol. The molecule has 3 aromatic rings. The van der Waals surface area contributed by atoms with Crippen molar-refractivity contribution in [3.05, 3.63) is 89.5 Å². The number of amides is 2. The number of hydrogen-bond acceptors (Lipinski definition) is 6. The molecule has 2 amide bonds. The van der Waals surface area contributed by atoms with Crippen LogP contribution in [0.1, 0.15) is 49.3 Å². The van der Waals surface area contributed by atoms with Crippen LogP contribution in [0.3, 0.4) is 0 Å². The van der Waals surface area contributed by atoms with Crippen molar-refractivity contribution in [2.24, 2.45) is 0 Å². The fourth-order valence-corrected chi connectivity index (χ4v) is 6.85. The summed E-state index contributed by atoms with van der Waals surface area (Å²) in [6.07, 6.45) is 4.21. The molecule has 1 aliphatic carbocycles. The normalized spacial score (nSPS) is 15.4. The highest BCUT2D eigenvalue weighted by atomic mass is 32.2. The molecule has 9 nitrogen and oxygen atoms in total. The van der Waals surface area contributed by atoms with Gasteiger partial charge in [0, 0.05) is 25.1 Å². The number of nitrogens with zero attached hydrogens (tertiary/aromatic N) is 2. The first-order valence-corrected chi connectivity index (χ1v) is 16.9. The molecule has 5 rings (SSSR count). The molecular formula is C34H41N3O6S. The highest BCUT2D eigenvalue weighted by molar-refractivity contribution is 7.92. The Bertz CT molecular complexity index is 1560. The fraction of sp³-hybridized carbons (Fsp3) is 0.412. The van der Waals surface area contributed by atoms with Crippen molar-refractivity contribution in [1.82, 2.24) is 10.2 Å². The Kier molecular flexibility index (Phi) is 10.1. The minimum atomic E-state index is -3.88. The highest BCUT2D eigenvalue weighted by Gasteiger charge is 2.35. The first-order chi connectivity index (χ1) is 21.2. The van der Waals surface area contributed by atoms with Gasteiger partial charge in [0.05, 0.1) is 11.4 Å². The predicted octanol–water partition coefficient (Wildman–Crippen LogP) is 4.62. The van der Waals surface area contributed by atoms with E-state index in [1.54, 1.807) is 30.0 Å². The molecule has 1 fully saturated rings. The van der Waals surface area contributed by atoms with E-state index >= 15 is 0 Å². The van der Waals surface area contributed by atoms with Gasteiger partial charge in [0.25, 0.3) is 0 Å². The Labute approximate surface area is 260 Å². The first kappa shape index (κ1) is 31.4. The second-order valence-electron chi connectivity index (χ2n) is 11.4. The average molecular weight is 620 g/mol. The minimum Gasteiger partial charge on any atom is -0.486 e. The van der Waals surface area contributed by atoms with E-state index < -0.39 is 28.5 Å². The van der Waals surface area contributed by atoms with Crippen molar-refractivity contribution in [1.29, 1.82) is 0 Å². The number of nitrogens with one attached hydrogen (secondary N) is 1. The van der Waals surface area contributed by atoms with Crippen LogP contribution in [-0.4, -0.2) is 62.7 Å². The van der Waals surface area contributed by atoms with E-state index in [1.807, 2.05) is 61.5 Å². The number of anilines is 1. The van der Waals surface area contributed by atoms with Crippen LogP contribution in [-0.2, 0) is 32.6 Å². The molecule has 0 saturated heterocycles. The van der Waals surface area contributed by atoms with E-state index in [-0.39, 0.29) is 24.2 Å². The minimum absolute atomic E-state index is 0.0610. The van der Waals surface area contributed by atoms with Crippen molar-refractivity contribution in [2.75, 3.05) is 29.8 Å². The van der Waals surface area contributed by atoms with Gasteiger partial charge in [-0.25, -0.2) is 8.42 Å². The number of ether oxygens (including phenoxy) is 2. The second-order valence-corrected chi connectivity index (χ2v) is 13.6. The zero-order valence-corrected chi connectivity index (χ0v) is 26.2. The summed E-state index contributed by atoms with van der Waals surface area (Å²) in [7, 11) is -3.88. The summed E-state index contributed by atoms with van der Waals surface area (Å²) in [5.41, 5.74) is 3.07. The molecule has 1 saturated carbocycles. The van der Waals surface area contributed by atoms with Gasteiger partial charge in [-0.3, -0.25) is 13.9 Å². The van der Waals surface area contributed by atoms with Gasteiger partial charge >= 0.3 is 0 Å². The Morgan fingerprint density at radius 2 is 1.61 bits per heavy atom. The van der Waals surface area contributed by atoms with E-state index in [1.165, 1.54) is 0 Å². The highest BCUT2D eigenvalue weighted by Crippen LogP contribution is 2.35. The zero-order valence-electron chi connectivity index (χ0n) is 25.4. The summed E-state index contributed by atoms with van der Waals surface area (Å²) in [6, 6.07) is 21.4. The van der Waals surface area contributed by atoms with Crippen LogP contribution >= 0.6 is 0 Å². The molecule has 1 N–H and O–H groups in total. The third-order valence-electron chi connectivity index (χ3n) is 8.37. The number of hydrogen-bond donors (Lipinski definition) is 1. The maximum Gasteiger partial charge on any atom is 0.244 e. The van der Waals surface area contributed by atoms with Gasteiger partial charge in [0.15, 0.2) is 11.5 Å². The van der Waals surface area contributed by atoms with Crippen LogP contribution < -0.4 is 19.1 Å². The molecular weight excluding hydrogens is 578 g/mol. The number of carbonyl (C=O) groups is 2. The van der Waals surface area contributed by atoms with Gasteiger partial charge in [-0.2, -0.15) is 0 Å². The number of carbonyl (C=O) groups excluding carboxylic acids is 2. The van der Waals surface area contributed by atoms with Crippen LogP contribution in [0.2, 0.25) is 0 Å². The van der Waals surface area contributed by atoms with E-state index in [0.717, 1.165) is 46.7 Å². The lowest BCUT2D eigenvalue weighted by molar-refractivity contribution is -0.140. The molecule has 0 bridgehead atoms. The molecule has 1 aliphatic heterocycles. The number of rotatable bonds is 12. The summed E-state index contributed by atoms with van der Waals surface area (Å²) >= 11 is 0. The van der Waals surface area contributed by atoms with E-state index in [0.29, 0.717) is 36.8 Å². The maximum absolute atomic E-state index is 14.5. The third-order valence-corrected chi connectivity index (χ3v) is 10.1. The maximum atomic E-state index is 14.5. The number of sulfonamides is 1. The van der Waals surface area contributed by atoms with Gasteiger partial charge in [0.2, 0.25) is 21.8 Å². The van der Waals surface area contributed by atoms with Crippen molar-refractivity contribution < 1.29 is 27.5 Å². The summed E-state index contributed by atoms with van der Waals surface area (Å²) in [5, 5.41) is 3.20. The molecule has 0 aromatic heterocycles. The number of fused-ring (bicyclic) bond motifs is 1. The standard InChI is InChI=1S/C34H41N3O6S/c1-3-44(40,41)37(29-17-18-31-32(22-29)43-20-19-42-31)24-33(38)36(23-27-14-8-7-11-25(27)2)30(21-26-12-5-4-6-13-26)34(39)35-28-15-9-10-16-28/h4-8,11-14,17-18,22,28,30H,3,9-10,15-16,19-21,23-24H2,1-2H3,(H,35,39)/t30-/m1/s1. The molecule has 10 heteroatoms. The molecule has 3 aromatic carbocycles. The quantitative estimate of drug-likeness (QED) is 0.317. The SMILES string of the molecule is CCS(=O)(=O)N(CC(=O)N(Cc1ccccc1C)[C@H](Cc1ccccc1)C(=O)NC1CCCC1)c1ccc2c(c1)OCCO2. The van der Waals surface area contributed by atoms with Crippen molar-refractivity contribution >= 4 is 27.5 Å². The lowest BCUT2D eigenvalue weighted by Crippen LogP contribution is -2.54. The van der Waals surface area contributed by atoms with Gasteiger partial charge < -0.3 is 19.7 Å². The molecule has 1 atom stereocenters. The molecule has 0 spiro atoms. The van der Waals surface area contributed by atoms with Gasteiger partial charge in [-0.15, -0.1) is 0 Å². The average Bonchev–Trinajstić information content (AvgIpc) is 3.55. The van der Waals surface area contributed by atoms with Crippen molar-refractivity contribution in [2.45, 2.75) is 64.6 Å². The van der Waals surface area contributed by atoms with Gasteiger partial charge in [-0.05, 0) is 55.5 Å². The molecule has 1 heterocycles. The Balaban J connectivity index is 1.53. The third kappa shape index (κ3) is 7.53. The summed E-state index contributed by atoms with van der Waals surface area (Å²) in [6.45, 7) is 3.94. The topological polar surface area (TPSA) is 105 Å². The van der Waals surface area contributed by atoms with Crippen LogP contribution in [0.4, 0.5) is 5.69 Å². The zero-order chi connectivity index (χ0) is 31.1. The molecule has 0 radical (unpaired) electrons. The lowest BCUT2D eigenvalue weighted by atomic mass is 10.0. The smallest absolute Gasteiger partial charge is 0.244 e. The molecule has 2 aliphatic rings. The fourth-order valence-electron chi connectivity index (χ4n) is 5.80. The lowest BCUT2D eigenvalue weighted by Gasteiger charge is -2.34. The molecule has 44 heavy (non-hydrogen) atoms. The van der Waals surface area contributed by atoms with Crippen LogP contribution in [0, 0.1) is 6.92 Å². The van der Waals surface area contributed by atoms with Crippen LogP contribution in [0.15, 0.2) is 72.8 Å². The molecule has 234 valence electrons. The van der Waals surface area contributed by atoms with Crippen LogP contribution in [0.5, 0.6) is 11.5 Å². The largest absolute Gasteiger partial charge is 0.486 e. The summed E-state index contributed by atoms with van der Waals surface area (Å²) in [4.78, 5) is 30.0. The monoisotopic (exact) mass is 619 g/mol. The Morgan fingerprint density at radius 3 is 2.32 bits per heavy atom. The number of benzene rings is 3. The van der Waals surface area contributed by atoms with E-state index in [4.69, 9.17) is 9.47 Å². The van der Waals surface area contributed by atoms with E-state index in [2.05, 4.69) is 5.32 Å². The summed E-state index contributed by atoms with van der Waals surface area (Å²) in [5.74, 6) is 0.0388. The Morgan fingerprint density at radius 1 is 0.932 bits per heavy atom. The van der Waals surface area contributed by atoms with Gasteiger partial charge in [-0.1, -0.05) is 67.4 Å². The summed E-state index contributed by atoms with van der Waals surface area (Å²) < 4.78 is 39.4. The Hall–Kier alpha value is -4.05. The van der Waals surface area contributed by atoms with Gasteiger partial charge in [0.1, 0.15) is 25.8 Å². The van der Waals surface area contributed by atoms with Crippen molar-refractivity contribution in [3.63, 3.8) is 0 Å². The second kappa shape index (κ2) is 14.2. The van der Waals surface area contributed by atoms with E-state index in [9.17, 15) is 18.0 Å². The molecule has 0 unspecified atom stereocenters. The number of aryl methyl sites for hydroxylation is 1. The van der Waals surface area contributed by atoms with Crippen LogP contribution in [0.25, 0.3) is 0 Å².